The van der Waals surface area contributed by atoms with E-state index in [9.17, 15) is 22.0 Å². The maximum Gasteiger partial charge on any atom is 0.428 e. The number of azide groups is 1. The molecule has 0 spiro atoms. The van der Waals surface area contributed by atoms with Gasteiger partial charge in [0, 0.05) is 10.5 Å². The lowest BCUT2D eigenvalue weighted by Gasteiger charge is -2.26. The van der Waals surface area contributed by atoms with E-state index in [0.29, 0.717) is 0 Å². The zero-order valence-corrected chi connectivity index (χ0v) is 13.8. The molecule has 11 heteroatoms. The second-order valence-corrected chi connectivity index (χ2v) is 5.47. The molecule has 0 radical (unpaired) electrons. The average Bonchev–Trinajstić information content (AvgIpc) is 2.60. The number of rotatable bonds is 5. The van der Waals surface area contributed by atoms with Crippen LogP contribution in [0, 0.1) is 5.82 Å². The Morgan fingerprint density at radius 3 is 2.46 bits per heavy atom. The summed E-state index contributed by atoms with van der Waals surface area (Å²) in [6.07, 6.45) is -5.39. The van der Waals surface area contributed by atoms with Gasteiger partial charge < -0.3 is 4.74 Å². The van der Waals surface area contributed by atoms with Gasteiger partial charge in [0.05, 0.1) is 24.4 Å². The molecule has 0 aliphatic heterocycles. The lowest BCUT2D eigenvalue weighted by Crippen LogP contribution is -2.41. The Morgan fingerprint density at radius 2 is 1.92 bits per heavy atom. The van der Waals surface area contributed by atoms with Gasteiger partial charge in [-0.05, 0) is 35.9 Å². The van der Waals surface area contributed by atoms with Crippen LogP contribution >= 0.6 is 11.6 Å². The number of hydrogen-bond acceptors (Lipinski definition) is 3. The standard InChI is InChI=1S/C15H10ClF5N4O/c1-26-11-4-5-12(14(18,7-23-25-22)15(19,20)21)24-13(11)8-2-3-10(17)9(16)6-8/h2-6H,7H2,1H3. The molecule has 0 bridgehead atoms. The number of nitrogens with zero attached hydrogens (tertiary/aromatic N) is 4. The van der Waals surface area contributed by atoms with Crippen molar-refractivity contribution in [3.63, 3.8) is 0 Å². The molecule has 1 unspecified atom stereocenters. The van der Waals surface area contributed by atoms with Gasteiger partial charge >= 0.3 is 6.18 Å². The molecule has 0 N–H and O–H groups in total. The summed E-state index contributed by atoms with van der Waals surface area (Å²) in [6.45, 7) is -1.53. The molecule has 138 valence electrons. The molecule has 0 saturated heterocycles. The van der Waals surface area contributed by atoms with Crippen LogP contribution in [0.2, 0.25) is 5.02 Å². The zero-order valence-electron chi connectivity index (χ0n) is 13.1. The summed E-state index contributed by atoms with van der Waals surface area (Å²) >= 11 is 5.68. The van der Waals surface area contributed by atoms with Gasteiger partial charge in [0.2, 0.25) is 0 Å². The number of methoxy groups -OCH3 is 1. The molecule has 5 nitrogen and oxygen atoms in total. The van der Waals surface area contributed by atoms with Crippen molar-refractivity contribution >= 4 is 11.6 Å². The Balaban J connectivity index is 2.68. The van der Waals surface area contributed by atoms with Gasteiger partial charge in [0.25, 0.3) is 5.67 Å². The molecule has 1 aromatic heterocycles. The van der Waals surface area contributed by atoms with Crippen molar-refractivity contribution in [3.8, 4) is 17.0 Å². The molecule has 26 heavy (non-hydrogen) atoms. The van der Waals surface area contributed by atoms with Gasteiger partial charge in [0.1, 0.15) is 17.3 Å². The number of pyridine rings is 1. The van der Waals surface area contributed by atoms with Crippen molar-refractivity contribution in [2.75, 3.05) is 13.7 Å². The highest BCUT2D eigenvalue weighted by molar-refractivity contribution is 6.31. The Hall–Kier alpha value is -2.58. The minimum atomic E-state index is -5.39. The van der Waals surface area contributed by atoms with E-state index in [1.807, 2.05) is 0 Å². The summed E-state index contributed by atoms with van der Waals surface area (Å²) in [5.41, 5.74) is 3.14. The lowest BCUT2D eigenvalue weighted by atomic mass is 9.99. The van der Waals surface area contributed by atoms with Crippen molar-refractivity contribution < 1.29 is 26.7 Å². The maximum absolute atomic E-state index is 14.7. The summed E-state index contributed by atoms with van der Waals surface area (Å²) in [7, 11) is 1.23. The third-order valence-electron chi connectivity index (χ3n) is 3.48. The Labute approximate surface area is 149 Å². The van der Waals surface area contributed by atoms with Gasteiger partial charge in [-0.3, -0.25) is 0 Å². The minimum absolute atomic E-state index is 0.0183. The highest BCUT2D eigenvalue weighted by atomic mass is 35.5. The topological polar surface area (TPSA) is 70.9 Å². The van der Waals surface area contributed by atoms with Crippen LogP contribution in [-0.2, 0) is 5.67 Å². The van der Waals surface area contributed by atoms with Gasteiger partial charge in [-0.1, -0.05) is 16.7 Å². The van der Waals surface area contributed by atoms with E-state index in [1.165, 1.54) is 13.2 Å². The highest BCUT2D eigenvalue weighted by Crippen LogP contribution is 2.44. The van der Waals surface area contributed by atoms with Crippen LogP contribution in [0.5, 0.6) is 5.75 Å². The molecule has 0 fully saturated rings. The number of halogens is 6. The van der Waals surface area contributed by atoms with Crippen molar-refractivity contribution in [1.29, 1.82) is 0 Å². The predicted octanol–water partition coefficient (Wildman–Crippen LogP) is 5.59. The van der Waals surface area contributed by atoms with E-state index >= 15 is 0 Å². The number of benzene rings is 1. The Kier molecular flexibility index (Phi) is 5.58. The first-order valence-corrected chi connectivity index (χ1v) is 7.29. The predicted molar refractivity (Wildman–Crippen MR) is 84.0 cm³/mol. The fourth-order valence-electron chi connectivity index (χ4n) is 2.13. The van der Waals surface area contributed by atoms with E-state index in [2.05, 4.69) is 15.0 Å². The zero-order chi connectivity index (χ0) is 19.5. The van der Waals surface area contributed by atoms with E-state index < -0.39 is 29.9 Å². The van der Waals surface area contributed by atoms with Crippen LogP contribution in [-0.4, -0.2) is 24.8 Å². The third kappa shape index (κ3) is 3.66. The molecule has 0 saturated carbocycles. The molecule has 0 aliphatic rings. The smallest absolute Gasteiger partial charge is 0.428 e. The molecule has 1 heterocycles. The van der Waals surface area contributed by atoms with Gasteiger partial charge in [-0.25, -0.2) is 13.8 Å². The lowest BCUT2D eigenvalue weighted by molar-refractivity contribution is -0.233. The molecule has 0 aliphatic carbocycles. The Morgan fingerprint density at radius 1 is 1.23 bits per heavy atom. The Bertz CT molecular complexity index is 870. The second-order valence-electron chi connectivity index (χ2n) is 5.06. The summed E-state index contributed by atoms with van der Waals surface area (Å²) in [5.74, 6) is -0.728. The summed E-state index contributed by atoms with van der Waals surface area (Å²) in [5, 5.41) is 2.40. The van der Waals surface area contributed by atoms with E-state index in [1.54, 1.807) is 0 Å². The van der Waals surface area contributed by atoms with E-state index in [-0.39, 0.29) is 22.0 Å². The average molecular weight is 393 g/mol. The van der Waals surface area contributed by atoms with Gasteiger partial charge in [-0.2, -0.15) is 13.2 Å². The largest absolute Gasteiger partial charge is 0.494 e. The van der Waals surface area contributed by atoms with Crippen molar-refractivity contribution in [2.24, 2.45) is 5.11 Å². The van der Waals surface area contributed by atoms with Crippen LogP contribution in [0.1, 0.15) is 5.69 Å². The molecule has 1 atom stereocenters. The molecular formula is C15H10ClF5N4O. The summed E-state index contributed by atoms with van der Waals surface area (Å²) in [4.78, 5) is 5.86. The first kappa shape index (κ1) is 19.7. The number of aromatic nitrogens is 1. The van der Waals surface area contributed by atoms with Crippen LogP contribution in [0.3, 0.4) is 0 Å². The SMILES string of the molecule is COc1ccc(C(F)(CN=[N+]=[N-])C(F)(F)F)nc1-c1ccc(F)c(Cl)c1. The third-order valence-corrected chi connectivity index (χ3v) is 3.77. The summed E-state index contributed by atoms with van der Waals surface area (Å²) < 4.78 is 72.8. The monoisotopic (exact) mass is 392 g/mol. The molecule has 2 rings (SSSR count). The molecular weight excluding hydrogens is 383 g/mol. The normalized spacial score (nSPS) is 13.7. The van der Waals surface area contributed by atoms with Crippen LogP contribution < -0.4 is 4.74 Å². The van der Waals surface area contributed by atoms with Gasteiger partial charge in [0.15, 0.2) is 0 Å². The fraction of sp³-hybridized carbons (Fsp3) is 0.267. The van der Waals surface area contributed by atoms with Gasteiger partial charge in [-0.15, -0.1) is 0 Å². The number of ether oxygens (including phenoxy) is 1. The number of alkyl halides is 4. The maximum atomic E-state index is 14.7. The second kappa shape index (κ2) is 7.35. The molecule has 1 aromatic carbocycles. The molecule has 2 aromatic rings. The van der Waals surface area contributed by atoms with Crippen molar-refractivity contribution in [3.05, 3.63) is 57.3 Å². The van der Waals surface area contributed by atoms with E-state index in [4.69, 9.17) is 21.9 Å². The fourth-order valence-corrected chi connectivity index (χ4v) is 2.31. The van der Waals surface area contributed by atoms with Crippen LogP contribution in [0.4, 0.5) is 22.0 Å². The highest BCUT2D eigenvalue weighted by Gasteiger charge is 2.58. The summed E-state index contributed by atoms with van der Waals surface area (Å²) in [6, 6.07) is 5.15. The first-order chi connectivity index (χ1) is 12.1. The quantitative estimate of drug-likeness (QED) is 0.288. The minimum Gasteiger partial charge on any atom is -0.494 e. The first-order valence-electron chi connectivity index (χ1n) is 6.91. The number of hydrogen-bond donors (Lipinski definition) is 0. The van der Waals surface area contributed by atoms with Crippen LogP contribution in [0.15, 0.2) is 35.4 Å². The van der Waals surface area contributed by atoms with E-state index in [0.717, 1.165) is 24.3 Å². The van der Waals surface area contributed by atoms with Crippen molar-refractivity contribution in [2.45, 2.75) is 11.8 Å². The van der Waals surface area contributed by atoms with Crippen LogP contribution in [0.25, 0.3) is 21.7 Å². The molecule has 0 amide bonds. The van der Waals surface area contributed by atoms with Crippen molar-refractivity contribution in [1.82, 2.24) is 4.98 Å².